The molecule has 0 heterocycles. The summed E-state index contributed by atoms with van der Waals surface area (Å²) in [6.45, 7) is 27.5. The van der Waals surface area contributed by atoms with Crippen LogP contribution in [0.3, 0.4) is 0 Å². The topological polar surface area (TPSA) is 9.23 Å². The normalized spacial score (nSPS) is 33.7. The van der Waals surface area contributed by atoms with Crippen LogP contribution in [0.4, 0.5) is 0 Å². The fraction of sp³-hybridized carbons (Fsp3) is 0.717. The first kappa shape index (κ1) is 36.7. The van der Waals surface area contributed by atoms with E-state index in [0.29, 0.717) is 35.5 Å². The van der Waals surface area contributed by atoms with Gasteiger partial charge in [0.05, 0.1) is 11.7 Å². The highest BCUT2D eigenvalue weighted by atomic mass is 16.5. The largest absolute Gasteiger partial charge is 0.370 e. The van der Waals surface area contributed by atoms with Gasteiger partial charge in [-0.2, -0.15) is 0 Å². The molecule has 2 aromatic carbocycles. The van der Waals surface area contributed by atoms with E-state index in [1.807, 2.05) is 0 Å². The van der Waals surface area contributed by atoms with E-state index in [0.717, 1.165) is 36.5 Å². The van der Waals surface area contributed by atoms with Crippen molar-refractivity contribution in [3.05, 3.63) is 77.2 Å². The standard InChI is InChI=1S/C46H71O/c1-12-35(11)43-39-21-17-18-22-40(39)44(46(43,47-32(7)8)29-36-19-15-14-16-20-36)45(13-2,41-27-33(9)23-25-37(41)30(3)4)42-28-34(10)24-26-38(42)31(5)6/h14-22,30-35,37-38,41-43H,12-13,23-29H2,1-11H3. The summed E-state index contributed by atoms with van der Waals surface area (Å²) >= 11 is 0. The van der Waals surface area contributed by atoms with Crippen LogP contribution in [0.25, 0.3) is 0 Å². The van der Waals surface area contributed by atoms with E-state index in [2.05, 4.69) is 131 Å². The van der Waals surface area contributed by atoms with Crippen LogP contribution in [-0.4, -0.2) is 11.7 Å². The second-order valence-corrected chi connectivity index (χ2v) is 17.8. The maximum Gasteiger partial charge on any atom is 0.0908 e. The SMILES string of the molecule is CCC(C)C1c2ccccc2[C](C(CC)(C2CC(C)CCC2C(C)C)C2CC(C)CCC2C(C)C)C1(Cc1ccccc1)OC(C)C. The molecule has 3 aliphatic rings. The Labute approximate surface area is 291 Å². The molecule has 5 rings (SSSR count). The number of fused-ring (bicyclic) bond motifs is 1. The minimum atomic E-state index is -0.380. The molecule has 3 aliphatic carbocycles. The number of hydrogen-bond acceptors (Lipinski definition) is 1. The molecule has 0 aromatic heterocycles. The van der Waals surface area contributed by atoms with E-state index in [4.69, 9.17) is 4.74 Å². The lowest BCUT2D eigenvalue weighted by Gasteiger charge is -2.63. The first-order chi connectivity index (χ1) is 22.4. The zero-order valence-corrected chi connectivity index (χ0v) is 32.3. The molecule has 1 nitrogen and oxygen atoms in total. The predicted octanol–water partition coefficient (Wildman–Crippen LogP) is 13.0. The fourth-order valence-electron chi connectivity index (χ4n) is 11.9. The summed E-state index contributed by atoms with van der Waals surface area (Å²) in [7, 11) is 0. The smallest absolute Gasteiger partial charge is 0.0908 e. The van der Waals surface area contributed by atoms with Crippen LogP contribution in [0.2, 0.25) is 0 Å². The van der Waals surface area contributed by atoms with Crippen LogP contribution in [0.1, 0.15) is 150 Å². The molecular formula is C46H71O. The van der Waals surface area contributed by atoms with Gasteiger partial charge in [-0.1, -0.05) is 136 Å². The zero-order chi connectivity index (χ0) is 34.1. The van der Waals surface area contributed by atoms with E-state index in [1.165, 1.54) is 50.5 Å². The first-order valence-electron chi connectivity index (χ1n) is 20.1. The second-order valence-electron chi connectivity index (χ2n) is 17.8. The third-order valence-corrected chi connectivity index (χ3v) is 13.9. The first-order valence-corrected chi connectivity index (χ1v) is 20.1. The van der Waals surface area contributed by atoms with Gasteiger partial charge in [-0.15, -0.1) is 0 Å². The average Bonchev–Trinajstić information content (AvgIpc) is 3.30. The number of rotatable bonds is 12. The number of benzene rings is 2. The Morgan fingerprint density at radius 1 is 0.723 bits per heavy atom. The molecule has 9 atom stereocenters. The Kier molecular flexibility index (Phi) is 11.8. The maximum absolute atomic E-state index is 7.83. The summed E-state index contributed by atoms with van der Waals surface area (Å²) < 4.78 is 7.83. The molecule has 1 radical (unpaired) electrons. The summed E-state index contributed by atoms with van der Waals surface area (Å²) in [6.07, 6.45) is 11.7. The van der Waals surface area contributed by atoms with Crippen LogP contribution in [0.5, 0.6) is 0 Å². The summed E-state index contributed by atoms with van der Waals surface area (Å²) in [6, 6.07) is 21.2. The zero-order valence-electron chi connectivity index (χ0n) is 32.3. The molecule has 1 heteroatoms. The van der Waals surface area contributed by atoms with Gasteiger partial charge in [0.2, 0.25) is 0 Å². The minimum Gasteiger partial charge on any atom is -0.370 e. The van der Waals surface area contributed by atoms with Gasteiger partial charge in [0.1, 0.15) is 0 Å². The van der Waals surface area contributed by atoms with E-state index in [-0.39, 0.29) is 17.1 Å². The molecule has 2 fully saturated rings. The molecule has 2 aromatic rings. The van der Waals surface area contributed by atoms with E-state index in [1.54, 1.807) is 17.0 Å². The molecule has 0 bridgehead atoms. The van der Waals surface area contributed by atoms with Crippen molar-refractivity contribution in [1.29, 1.82) is 0 Å². The van der Waals surface area contributed by atoms with Crippen molar-refractivity contribution in [3.63, 3.8) is 0 Å². The Morgan fingerprint density at radius 3 is 1.74 bits per heavy atom. The van der Waals surface area contributed by atoms with Gasteiger partial charge in [-0.05, 0) is 121 Å². The van der Waals surface area contributed by atoms with Gasteiger partial charge >= 0.3 is 0 Å². The lowest BCUT2D eigenvalue weighted by Crippen LogP contribution is -2.60. The Balaban J connectivity index is 1.91. The molecule has 47 heavy (non-hydrogen) atoms. The number of ether oxygens (including phenoxy) is 1. The molecule has 0 amide bonds. The Morgan fingerprint density at radius 2 is 1.26 bits per heavy atom. The highest BCUT2D eigenvalue weighted by molar-refractivity contribution is 5.58. The molecule has 2 saturated carbocycles. The van der Waals surface area contributed by atoms with Crippen LogP contribution < -0.4 is 0 Å². The highest BCUT2D eigenvalue weighted by Gasteiger charge is 2.67. The lowest BCUT2D eigenvalue weighted by atomic mass is 9.43. The van der Waals surface area contributed by atoms with Gasteiger partial charge in [0, 0.05) is 18.3 Å². The van der Waals surface area contributed by atoms with Crippen molar-refractivity contribution in [3.8, 4) is 0 Å². The van der Waals surface area contributed by atoms with Gasteiger partial charge in [0.15, 0.2) is 0 Å². The van der Waals surface area contributed by atoms with Gasteiger partial charge in [-0.3, -0.25) is 0 Å². The Hall–Kier alpha value is -1.60. The molecule has 261 valence electrons. The van der Waals surface area contributed by atoms with Crippen molar-refractivity contribution in [2.24, 2.45) is 58.7 Å². The van der Waals surface area contributed by atoms with E-state index < -0.39 is 0 Å². The van der Waals surface area contributed by atoms with Crippen molar-refractivity contribution in [1.82, 2.24) is 0 Å². The minimum absolute atomic E-state index is 0.0786. The molecule has 9 unspecified atom stereocenters. The predicted molar refractivity (Wildman–Crippen MR) is 202 cm³/mol. The molecular weight excluding hydrogens is 569 g/mol. The van der Waals surface area contributed by atoms with Crippen LogP contribution >= 0.6 is 0 Å². The molecule has 0 aliphatic heterocycles. The van der Waals surface area contributed by atoms with Crippen molar-refractivity contribution >= 4 is 0 Å². The van der Waals surface area contributed by atoms with Crippen LogP contribution in [0, 0.1) is 64.6 Å². The van der Waals surface area contributed by atoms with Crippen LogP contribution in [-0.2, 0) is 11.2 Å². The van der Waals surface area contributed by atoms with Crippen molar-refractivity contribution < 1.29 is 4.74 Å². The fourth-order valence-corrected chi connectivity index (χ4v) is 11.9. The molecule has 0 saturated heterocycles. The van der Waals surface area contributed by atoms with Crippen LogP contribution in [0.15, 0.2) is 54.6 Å². The molecule has 0 N–H and O–H groups in total. The third kappa shape index (κ3) is 6.79. The van der Waals surface area contributed by atoms with E-state index in [9.17, 15) is 0 Å². The monoisotopic (exact) mass is 640 g/mol. The van der Waals surface area contributed by atoms with Gasteiger partial charge in [-0.25, -0.2) is 0 Å². The summed E-state index contributed by atoms with van der Waals surface area (Å²) in [4.78, 5) is 0. The number of hydrogen-bond donors (Lipinski definition) is 0. The summed E-state index contributed by atoms with van der Waals surface area (Å²) in [5.41, 5.74) is 4.26. The second kappa shape index (κ2) is 15.1. The Bertz CT molecular complexity index is 1230. The van der Waals surface area contributed by atoms with E-state index >= 15 is 0 Å². The lowest BCUT2D eigenvalue weighted by molar-refractivity contribution is -0.138. The van der Waals surface area contributed by atoms with Crippen molar-refractivity contribution in [2.45, 2.75) is 152 Å². The maximum atomic E-state index is 7.83. The highest BCUT2D eigenvalue weighted by Crippen LogP contribution is 2.71. The summed E-state index contributed by atoms with van der Waals surface area (Å²) in [5.74, 6) is 8.33. The van der Waals surface area contributed by atoms with Gasteiger partial charge in [0.25, 0.3) is 0 Å². The third-order valence-electron chi connectivity index (χ3n) is 13.9. The summed E-state index contributed by atoms with van der Waals surface area (Å²) in [5, 5.41) is 0. The quantitative estimate of drug-likeness (QED) is 0.224. The van der Waals surface area contributed by atoms with Crippen molar-refractivity contribution in [2.75, 3.05) is 0 Å². The average molecular weight is 640 g/mol. The van der Waals surface area contributed by atoms with Gasteiger partial charge < -0.3 is 4.74 Å². The molecule has 0 spiro atoms.